The minimum absolute atomic E-state index is 0.251. The van der Waals surface area contributed by atoms with E-state index in [-0.39, 0.29) is 11.7 Å². The van der Waals surface area contributed by atoms with Crippen molar-refractivity contribution in [3.05, 3.63) is 59.2 Å². The molecule has 27 heavy (non-hydrogen) atoms. The molecule has 0 aromatic heterocycles. The zero-order chi connectivity index (χ0) is 19.6. The van der Waals surface area contributed by atoms with Gasteiger partial charge in [0.15, 0.2) is 11.5 Å². The van der Waals surface area contributed by atoms with Crippen LogP contribution >= 0.6 is 11.8 Å². The molecule has 0 bridgehead atoms. The summed E-state index contributed by atoms with van der Waals surface area (Å²) in [6.07, 6.45) is 0. The lowest BCUT2D eigenvalue weighted by molar-refractivity contribution is -0.119. The maximum Gasteiger partial charge on any atom is 0.269 e. The maximum atomic E-state index is 12.2. The molecule has 0 spiro atoms. The molecule has 6 nitrogen and oxygen atoms in total. The molecule has 0 heterocycles. The molecule has 0 saturated carbocycles. The molecule has 0 atom stereocenters. The molecule has 144 valence electrons. The van der Waals surface area contributed by atoms with E-state index in [0.717, 1.165) is 11.3 Å². The highest BCUT2D eigenvalue weighted by molar-refractivity contribution is 7.99. The zero-order valence-corrected chi connectivity index (χ0v) is 16.5. The van der Waals surface area contributed by atoms with E-state index in [1.807, 2.05) is 38.1 Å². The van der Waals surface area contributed by atoms with Crippen molar-refractivity contribution in [2.24, 2.45) is 0 Å². The van der Waals surface area contributed by atoms with Crippen molar-refractivity contribution in [1.29, 1.82) is 0 Å². The quantitative estimate of drug-likeness (QED) is 0.680. The topological polar surface area (TPSA) is 76.7 Å². The van der Waals surface area contributed by atoms with Gasteiger partial charge in [-0.15, -0.1) is 11.8 Å². The number of hydrogen-bond acceptors (Lipinski definition) is 5. The summed E-state index contributed by atoms with van der Waals surface area (Å²) in [6, 6.07) is 13.0. The van der Waals surface area contributed by atoms with Crippen LogP contribution in [0, 0.1) is 6.92 Å². The number of carbonyl (C=O) groups is 2. The van der Waals surface area contributed by atoms with Gasteiger partial charge in [-0.2, -0.15) is 0 Å². The first-order chi connectivity index (χ1) is 13.0. The van der Waals surface area contributed by atoms with Gasteiger partial charge < -0.3 is 9.47 Å². The SMILES string of the molecule is CCOc1ccc(C(=O)NNC(=O)CSCc2ccc(C)cc2)cc1OC. The van der Waals surface area contributed by atoms with Crippen molar-refractivity contribution in [1.82, 2.24) is 10.9 Å². The number of methoxy groups -OCH3 is 1. The third-order valence-corrected chi connectivity index (χ3v) is 4.67. The summed E-state index contributed by atoms with van der Waals surface area (Å²) in [5, 5.41) is 0. The van der Waals surface area contributed by atoms with Crippen LogP contribution < -0.4 is 20.3 Å². The lowest BCUT2D eigenvalue weighted by atomic mass is 10.2. The fourth-order valence-corrected chi connectivity index (χ4v) is 3.05. The first kappa shape index (κ1) is 20.6. The maximum absolute atomic E-state index is 12.2. The van der Waals surface area contributed by atoms with Crippen molar-refractivity contribution in [2.75, 3.05) is 19.5 Å². The largest absolute Gasteiger partial charge is 0.493 e. The van der Waals surface area contributed by atoms with E-state index < -0.39 is 5.91 Å². The predicted octanol–water partition coefficient (Wildman–Crippen LogP) is 3.10. The fourth-order valence-electron chi connectivity index (χ4n) is 2.26. The second-order valence-corrected chi connectivity index (χ2v) is 6.76. The van der Waals surface area contributed by atoms with Crippen LogP contribution in [0.3, 0.4) is 0 Å². The monoisotopic (exact) mass is 388 g/mol. The zero-order valence-electron chi connectivity index (χ0n) is 15.7. The van der Waals surface area contributed by atoms with Crippen molar-refractivity contribution in [2.45, 2.75) is 19.6 Å². The van der Waals surface area contributed by atoms with E-state index in [1.165, 1.54) is 24.4 Å². The minimum atomic E-state index is -0.423. The molecular weight excluding hydrogens is 364 g/mol. The number of thioether (sulfide) groups is 1. The minimum Gasteiger partial charge on any atom is -0.493 e. The van der Waals surface area contributed by atoms with Crippen molar-refractivity contribution in [3.8, 4) is 11.5 Å². The number of hydrazine groups is 1. The van der Waals surface area contributed by atoms with Gasteiger partial charge in [0, 0.05) is 11.3 Å². The molecule has 2 aromatic carbocycles. The van der Waals surface area contributed by atoms with Gasteiger partial charge in [0.25, 0.3) is 5.91 Å². The molecule has 0 aliphatic heterocycles. The van der Waals surface area contributed by atoms with Crippen LogP contribution in [0.25, 0.3) is 0 Å². The predicted molar refractivity (Wildman–Crippen MR) is 107 cm³/mol. The molecule has 2 N–H and O–H groups in total. The van der Waals surface area contributed by atoms with Gasteiger partial charge in [0.1, 0.15) is 0 Å². The van der Waals surface area contributed by atoms with E-state index in [2.05, 4.69) is 10.9 Å². The van der Waals surface area contributed by atoms with E-state index in [0.29, 0.717) is 23.7 Å². The fraction of sp³-hybridized carbons (Fsp3) is 0.300. The molecule has 0 fully saturated rings. The third kappa shape index (κ3) is 6.53. The van der Waals surface area contributed by atoms with Crippen LogP contribution in [0.4, 0.5) is 0 Å². The second kappa shape index (κ2) is 10.5. The summed E-state index contributed by atoms with van der Waals surface area (Å²) in [6.45, 7) is 4.40. The van der Waals surface area contributed by atoms with Crippen LogP contribution in [-0.4, -0.2) is 31.3 Å². The van der Waals surface area contributed by atoms with Gasteiger partial charge in [0.05, 0.1) is 19.5 Å². The van der Waals surface area contributed by atoms with Gasteiger partial charge in [-0.1, -0.05) is 29.8 Å². The molecule has 0 aliphatic rings. The molecule has 0 aliphatic carbocycles. The molecule has 0 saturated heterocycles. The van der Waals surface area contributed by atoms with Crippen LogP contribution in [-0.2, 0) is 10.5 Å². The summed E-state index contributed by atoms with van der Waals surface area (Å²) in [5.41, 5.74) is 7.56. The first-order valence-electron chi connectivity index (χ1n) is 8.56. The average Bonchev–Trinajstić information content (AvgIpc) is 2.68. The number of nitrogens with one attached hydrogen (secondary N) is 2. The third-order valence-electron chi connectivity index (χ3n) is 3.66. The number of ether oxygens (including phenoxy) is 2. The number of hydrogen-bond donors (Lipinski definition) is 2. The molecule has 2 aromatic rings. The second-order valence-electron chi connectivity index (χ2n) is 5.78. The van der Waals surface area contributed by atoms with Crippen LogP contribution in [0.15, 0.2) is 42.5 Å². The van der Waals surface area contributed by atoms with E-state index in [4.69, 9.17) is 9.47 Å². The number of carbonyl (C=O) groups excluding carboxylic acids is 2. The highest BCUT2D eigenvalue weighted by atomic mass is 32.2. The van der Waals surface area contributed by atoms with Crippen molar-refractivity contribution >= 4 is 23.6 Å². The molecule has 2 amide bonds. The number of benzene rings is 2. The first-order valence-corrected chi connectivity index (χ1v) is 9.72. The van der Waals surface area contributed by atoms with Gasteiger partial charge >= 0.3 is 0 Å². The Balaban J connectivity index is 1.78. The van der Waals surface area contributed by atoms with Gasteiger partial charge in [-0.3, -0.25) is 20.4 Å². The summed E-state index contributed by atoms with van der Waals surface area (Å²) in [4.78, 5) is 24.1. The van der Waals surface area contributed by atoms with Gasteiger partial charge in [-0.25, -0.2) is 0 Å². The molecule has 2 rings (SSSR count). The summed E-state index contributed by atoms with van der Waals surface area (Å²) in [5.74, 6) is 1.32. The molecule has 7 heteroatoms. The Morgan fingerprint density at radius 1 is 1.04 bits per heavy atom. The number of aryl methyl sites for hydroxylation is 1. The Kier molecular flexibility index (Phi) is 8.00. The molecule has 0 unspecified atom stereocenters. The average molecular weight is 388 g/mol. The normalized spacial score (nSPS) is 10.2. The van der Waals surface area contributed by atoms with E-state index in [9.17, 15) is 9.59 Å². The van der Waals surface area contributed by atoms with Crippen LogP contribution in [0.1, 0.15) is 28.4 Å². The summed E-state index contributed by atoms with van der Waals surface area (Å²) < 4.78 is 10.6. The lowest BCUT2D eigenvalue weighted by Gasteiger charge is -2.11. The molecule has 0 radical (unpaired) electrons. The van der Waals surface area contributed by atoms with Crippen LogP contribution in [0.5, 0.6) is 11.5 Å². The van der Waals surface area contributed by atoms with Gasteiger partial charge in [0.2, 0.25) is 5.91 Å². The summed E-state index contributed by atoms with van der Waals surface area (Å²) >= 11 is 1.48. The Hall–Kier alpha value is -2.67. The Labute approximate surface area is 163 Å². The Morgan fingerprint density at radius 3 is 2.44 bits per heavy atom. The van der Waals surface area contributed by atoms with Crippen molar-refractivity contribution in [3.63, 3.8) is 0 Å². The summed E-state index contributed by atoms with van der Waals surface area (Å²) in [7, 11) is 1.51. The van der Waals surface area contributed by atoms with Crippen molar-refractivity contribution < 1.29 is 19.1 Å². The smallest absolute Gasteiger partial charge is 0.269 e. The highest BCUT2D eigenvalue weighted by Gasteiger charge is 2.12. The standard InChI is InChI=1S/C20H24N2O4S/c1-4-26-17-10-9-16(11-18(17)25-3)20(24)22-21-19(23)13-27-12-15-7-5-14(2)6-8-15/h5-11H,4,12-13H2,1-3H3,(H,21,23)(H,22,24). The Bertz CT molecular complexity index is 778. The van der Waals surface area contributed by atoms with Crippen LogP contribution in [0.2, 0.25) is 0 Å². The number of amides is 2. The lowest BCUT2D eigenvalue weighted by Crippen LogP contribution is -2.42. The van der Waals surface area contributed by atoms with E-state index >= 15 is 0 Å². The van der Waals surface area contributed by atoms with E-state index in [1.54, 1.807) is 18.2 Å². The highest BCUT2D eigenvalue weighted by Crippen LogP contribution is 2.27. The Morgan fingerprint density at radius 2 is 1.78 bits per heavy atom. The molecular formula is C20H24N2O4S. The van der Waals surface area contributed by atoms with Gasteiger partial charge in [-0.05, 0) is 37.6 Å². The number of rotatable bonds is 8.